The van der Waals surface area contributed by atoms with Crippen molar-refractivity contribution >= 4 is 16.9 Å². The quantitative estimate of drug-likeness (QED) is 0.751. The lowest BCUT2D eigenvalue weighted by molar-refractivity contribution is -0.117. The average Bonchev–Trinajstić information content (AvgIpc) is 2.59. The number of hydrogen-bond donors (Lipinski definition) is 0. The van der Waals surface area contributed by atoms with E-state index in [1.54, 1.807) is 13.3 Å². The van der Waals surface area contributed by atoms with E-state index in [0.717, 1.165) is 16.9 Å². The lowest BCUT2D eigenvalue weighted by Crippen LogP contribution is -2.02. The minimum absolute atomic E-state index is 0.169. The number of rotatable bonds is 3. The van der Waals surface area contributed by atoms with Crippen LogP contribution in [0.4, 0.5) is 0 Å². The number of nitrogens with zero attached hydrogens (tertiary/aromatic N) is 4. The normalized spacial score (nSPS) is 10.8. The molecule has 5 nitrogen and oxygen atoms in total. The van der Waals surface area contributed by atoms with E-state index in [1.807, 2.05) is 11.5 Å². The summed E-state index contributed by atoms with van der Waals surface area (Å²) in [6.45, 7) is 4.11. The molecule has 0 aliphatic rings. The molecule has 0 radical (unpaired) electrons. The summed E-state index contributed by atoms with van der Waals surface area (Å²) >= 11 is 0. The van der Waals surface area contributed by atoms with Gasteiger partial charge in [-0.05, 0) is 13.8 Å². The highest BCUT2D eigenvalue weighted by Gasteiger charge is 2.06. The molecule has 0 atom stereocenters. The van der Waals surface area contributed by atoms with Crippen molar-refractivity contribution in [2.45, 2.75) is 26.8 Å². The third-order valence-electron chi connectivity index (χ3n) is 2.29. The van der Waals surface area contributed by atoms with Gasteiger partial charge in [0.2, 0.25) is 0 Å². The minimum Gasteiger partial charge on any atom is -0.315 e. The van der Waals surface area contributed by atoms with Gasteiger partial charge in [-0.2, -0.15) is 0 Å². The number of hydrogen-bond acceptors (Lipinski definition) is 4. The molecule has 0 aliphatic heterocycles. The molecular weight excluding hydrogens is 192 g/mol. The van der Waals surface area contributed by atoms with Gasteiger partial charge in [0.1, 0.15) is 17.6 Å². The molecule has 5 heteroatoms. The number of fused-ring (bicyclic) bond motifs is 1. The highest BCUT2D eigenvalue weighted by atomic mass is 16.1. The molecule has 15 heavy (non-hydrogen) atoms. The Morgan fingerprint density at radius 2 is 2.20 bits per heavy atom. The summed E-state index contributed by atoms with van der Waals surface area (Å²) in [5.74, 6) is 0.169. The SMILES string of the molecule is CC(=O)CCn1cnc2c(C)ncnc21. The summed E-state index contributed by atoms with van der Waals surface area (Å²) in [6.07, 6.45) is 3.73. The molecule has 0 saturated carbocycles. The van der Waals surface area contributed by atoms with Gasteiger partial charge in [0.05, 0.1) is 12.0 Å². The Morgan fingerprint density at radius 1 is 1.40 bits per heavy atom. The summed E-state index contributed by atoms with van der Waals surface area (Å²) in [4.78, 5) is 23.3. The molecule has 0 saturated heterocycles. The molecule has 2 aromatic rings. The van der Waals surface area contributed by atoms with E-state index in [4.69, 9.17) is 0 Å². The van der Waals surface area contributed by atoms with Crippen LogP contribution in [0.25, 0.3) is 11.2 Å². The zero-order valence-corrected chi connectivity index (χ0v) is 8.77. The van der Waals surface area contributed by atoms with Crippen molar-refractivity contribution in [1.29, 1.82) is 0 Å². The lowest BCUT2D eigenvalue weighted by atomic mass is 10.3. The van der Waals surface area contributed by atoms with Crippen LogP contribution in [0.5, 0.6) is 0 Å². The molecule has 0 unspecified atom stereocenters. The number of aryl methyl sites for hydroxylation is 2. The Hall–Kier alpha value is -1.78. The molecule has 0 aromatic carbocycles. The van der Waals surface area contributed by atoms with E-state index in [-0.39, 0.29) is 5.78 Å². The molecule has 0 bridgehead atoms. The molecule has 0 fully saturated rings. The molecular formula is C10H12N4O. The van der Waals surface area contributed by atoms with Crippen molar-refractivity contribution in [2.75, 3.05) is 0 Å². The Morgan fingerprint density at radius 3 is 2.93 bits per heavy atom. The first kappa shape index (κ1) is 9.76. The monoisotopic (exact) mass is 204 g/mol. The predicted octanol–water partition coefficient (Wildman–Crippen LogP) is 1.11. The summed E-state index contributed by atoms with van der Waals surface area (Å²) in [5.41, 5.74) is 2.46. The first-order valence-corrected chi connectivity index (χ1v) is 4.80. The average molecular weight is 204 g/mol. The van der Waals surface area contributed by atoms with Crippen LogP contribution in [-0.2, 0) is 11.3 Å². The zero-order valence-electron chi connectivity index (χ0n) is 8.77. The van der Waals surface area contributed by atoms with Crippen LogP contribution in [0, 0.1) is 6.92 Å². The van der Waals surface area contributed by atoms with Crippen LogP contribution in [-0.4, -0.2) is 25.3 Å². The standard InChI is InChI=1S/C10H12N4O/c1-7(15)3-4-14-6-13-9-8(2)11-5-12-10(9)14/h5-6H,3-4H2,1-2H3. The number of Topliss-reactive ketones (excluding diaryl/α,β-unsaturated/α-hetero) is 1. The lowest BCUT2D eigenvalue weighted by Gasteiger charge is -2.00. The van der Waals surface area contributed by atoms with Crippen molar-refractivity contribution in [3.05, 3.63) is 18.3 Å². The first-order valence-electron chi connectivity index (χ1n) is 4.80. The zero-order chi connectivity index (χ0) is 10.8. The number of carbonyl (C=O) groups excluding carboxylic acids is 1. The van der Waals surface area contributed by atoms with Crippen LogP contribution in [0.3, 0.4) is 0 Å². The molecule has 2 rings (SSSR count). The first-order chi connectivity index (χ1) is 7.18. The van der Waals surface area contributed by atoms with Crippen molar-refractivity contribution in [2.24, 2.45) is 0 Å². The smallest absolute Gasteiger partial charge is 0.163 e. The summed E-state index contributed by atoms with van der Waals surface area (Å²) in [5, 5.41) is 0. The Bertz CT molecular complexity index is 503. The summed E-state index contributed by atoms with van der Waals surface area (Å²) < 4.78 is 1.88. The van der Waals surface area contributed by atoms with Crippen LogP contribution in [0.15, 0.2) is 12.7 Å². The predicted molar refractivity (Wildman–Crippen MR) is 55.4 cm³/mol. The number of carbonyl (C=O) groups is 1. The van der Waals surface area contributed by atoms with Crippen molar-refractivity contribution in [3.63, 3.8) is 0 Å². The van der Waals surface area contributed by atoms with Gasteiger partial charge in [-0.15, -0.1) is 0 Å². The second-order valence-corrected chi connectivity index (χ2v) is 3.52. The van der Waals surface area contributed by atoms with Gasteiger partial charge in [-0.1, -0.05) is 0 Å². The fraction of sp³-hybridized carbons (Fsp3) is 0.400. The van der Waals surface area contributed by atoms with Gasteiger partial charge < -0.3 is 4.57 Å². The maximum Gasteiger partial charge on any atom is 0.163 e. The minimum atomic E-state index is 0.169. The van der Waals surface area contributed by atoms with E-state index >= 15 is 0 Å². The Kier molecular flexibility index (Phi) is 2.45. The van der Waals surface area contributed by atoms with E-state index in [0.29, 0.717) is 13.0 Å². The molecule has 78 valence electrons. The highest BCUT2D eigenvalue weighted by molar-refractivity contribution is 5.76. The number of aromatic nitrogens is 4. The second kappa shape index (κ2) is 3.76. The molecule has 0 spiro atoms. The fourth-order valence-electron chi connectivity index (χ4n) is 1.44. The second-order valence-electron chi connectivity index (χ2n) is 3.52. The van der Waals surface area contributed by atoms with Gasteiger partial charge in [-0.3, -0.25) is 4.79 Å². The van der Waals surface area contributed by atoms with Crippen LogP contribution in [0.2, 0.25) is 0 Å². The number of ketones is 1. The van der Waals surface area contributed by atoms with Gasteiger partial charge in [0.25, 0.3) is 0 Å². The van der Waals surface area contributed by atoms with E-state index in [9.17, 15) is 4.79 Å². The van der Waals surface area contributed by atoms with E-state index < -0.39 is 0 Å². The Balaban J connectivity index is 2.37. The summed E-state index contributed by atoms with van der Waals surface area (Å²) in [7, 11) is 0. The van der Waals surface area contributed by atoms with Crippen molar-refractivity contribution in [1.82, 2.24) is 19.5 Å². The highest BCUT2D eigenvalue weighted by Crippen LogP contribution is 2.11. The Labute approximate surface area is 87.2 Å². The molecule has 2 aromatic heterocycles. The van der Waals surface area contributed by atoms with Crippen LogP contribution < -0.4 is 0 Å². The number of imidazole rings is 1. The fourth-order valence-corrected chi connectivity index (χ4v) is 1.44. The summed E-state index contributed by atoms with van der Waals surface area (Å²) in [6, 6.07) is 0. The van der Waals surface area contributed by atoms with Crippen molar-refractivity contribution in [3.8, 4) is 0 Å². The van der Waals surface area contributed by atoms with Gasteiger partial charge >= 0.3 is 0 Å². The topological polar surface area (TPSA) is 60.7 Å². The maximum atomic E-state index is 10.9. The van der Waals surface area contributed by atoms with Gasteiger partial charge in [0, 0.05) is 13.0 Å². The third-order valence-corrected chi connectivity index (χ3v) is 2.29. The van der Waals surface area contributed by atoms with Crippen LogP contribution in [0.1, 0.15) is 19.0 Å². The van der Waals surface area contributed by atoms with Gasteiger partial charge in [-0.25, -0.2) is 15.0 Å². The molecule has 2 heterocycles. The molecule has 0 amide bonds. The maximum absolute atomic E-state index is 10.9. The largest absolute Gasteiger partial charge is 0.315 e. The third kappa shape index (κ3) is 1.86. The molecule has 0 N–H and O–H groups in total. The van der Waals surface area contributed by atoms with Crippen LogP contribution >= 0.6 is 0 Å². The van der Waals surface area contributed by atoms with E-state index in [1.165, 1.54) is 6.33 Å². The van der Waals surface area contributed by atoms with E-state index in [2.05, 4.69) is 15.0 Å². The van der Waals surface area contributed by atoms with Crippen molar-refractivity contribution < 1.29 is 4.79 Å². The van der Waals surface area contributed by atoms with Gasteiger partial charge in [0.15, 0.2) is 5.65 Å². The molecule has 0 aliphatic carbocycles.